The lowest BCUT2D eigenvalue weighted by atomic mass is 10.1. The summed E-state index contributed by atoms with van der Waals surface area (Å²) < 4.78 is 5.61. The van der Waals surface area contributed by atoms with Crippen molar-refractivity contribution in [1.29, 1.82) is 0 Å². The fraction of sp³-hybridized carbons (Fsp3) is 0.294. The lowest BCUT2D eigenvalue weighted by Gasteiger charge is -2.13. The van der Waals surface area contributed by atoms with E-state index in [0.717, 1.165) is 24.4 Å². The van der Waals surface area contributed by atoms with Crippen molar-refractivity contribution in [3.05, 3.63) is 59.1 Å². The molecule has 0 bridgehead atoms. The number of rotatable bonds is 6. The first-order chi connectivity index (χ1) is 9.65. The topological polar surface area (TPSA) is 21.3 Å². The monoisotopic (exact) mass is 289 g/mol. The first-order valence-corrected chi connectivity index (χ1v) is 7.27. The summed E-state index contributed by atoms with van der Waals surface area (Å²) in [4.78, 5) is 0. The molecular formula is C17H20ClNO. The van der Waals surface area contributed by atoms with Crippen molar-refractivity contribution in [1.82, 2.24) is 0 Å². The molecule has 0 aliphatic rings. The van der Waals surface area contributed by atoms with Crippen molar-refractivity contribution in [2.45, 2.75) is 26.4 Å². The Labute approximate surface area is 125 Å². The summed E-state index contributed by atoms with van der Waals surface area (Å²) in [5, 5.41) is 4.02. The molecule has 0 spiro atoms. The Morgan fingerprint density at radius 1 is 1.10 bits per heavy atom. The largest absolute Gasteiger partial charge is 0.489 e. The normalized spacial score (nSPS) is 10.6. The van der Waals surface area contributed by atoms with Crippen LogP contribution in [0, 0.1) is 0 Å². The fourth-order valence-electron chi connectivity index (χ4n) is 1.96. The molecule has 0 radical (unpaired) electrons. The molecule has 0 aliphatic heterocycles. The van der Waals surface area contributed by atoms with E-state index in [0.29, 0.717) is 5.02 Å². The summed E-state index contributed by atoms with van der Waals surface area (Å²) in [5.74, 6) is 0.732. The SMILES string of the molecule is CC(C)Oc1ccc(NCCc2ccccc2)cc1Cl. The van der Waals surface area contributed by atoms with Gasteiger partial charge in [0.2, 0.25) is 0 Å². The van der Waals surface area contributed by atoms with Crippen molar-refractivity contribution >= 4 is 17.3 Å². The number of halogens is 1. The zero-order valence-electron chi connectivity index (χ0n) is 11.9. The Kier molecular flexibility index (Phi) is 5.31. The first-order valence-electron chi connectivity index (χ1n) is 6.89. The molecule has 3 heteroatoms. The third-order valence-corrected chi connectivity index (χ3v) is 3.18. The number of anilines is 1. The van der Waals surface area contributed by atoms with Gasteiger partial charge >= 0.3 is 0 Å². The van der Waals surface area contributed by atoms with Crippen molar-refractivity contribution in [2.75, 3.05) is 11.9 Å². The van der Waals surface area contributed by atoms with Gasteiger partial charge in [-0.05, 0) is 44.0 Å². The van der Waals surface area contributed by atoms with Crippen molar-refractivity contribution in [2.24, 2.45) is 0 Å². The summed E-state index contributed by atoms with van der Waals surface area (Å²) in [6.07, 6.45) is 1.12. The average molecular weight is 290 g/mol. The number of benzene rings is 2. The smallest absolute Gasteiger partial charge is 0.138 e. The van der Waals surface area contributed by atoms with Crippen molar-refractivity contribution < 1.29 is 4.74 Å². The van der Waals surface area contributed by atoms with Gasteiger partial charge in [0, 0.05) is 12.2 Å². The van der Waals surface area contributed by atoms with Crippen LogP contribution in [0.1, 0.15) is 19.4 Å². The van der Waals surface area contributed by atoms with Gasteiger partial charge in [0.15, 0.2) is 0 Å². The van der Waals surface area contributed by atoms with Crippen LogP contribution in [0.4, 0.5) is 5.69 Å². The number of hydrogen-bond acceptors (Lipinski definition) is 2. The predicted octanol–water partition coefficient (Wildman–Crippen LogP) is 4.78. The molecule has 0 amide bonds. The van der Waals surface area contributed by atoms with Crippen LogP contribution in [0.25, 0.3) is 0 Å². The Hall–Kier alpha value is -1.67. The van der Waals surface area contributed by atoms with Crippen LogP contribution >= 0.6 is 11.6 Å². The summed E-state index contributed by atoms with van der Waals surface area (Å²) in [6, 6.07) is 16.2. The van der Waals surface area contributed by atoms with E-state index in [1.807, 2.05) is 38.1 Å². The van der Waals surface area contributed by atoms with E-state index >= 15 is 0 Å². The maximum atomic E-state index is 6.20. The number of hydrogen-bond donors (Lipinski definition) is 1. The molecule has 2 aromatic rings. The van der Waals surface area contributed by atoms with Crippen LogP contribution in [-0.2, 0) is 6.42 Å². The molecule has 0 fully saturated rings. The number of ether oxygens (including phenoxy) is 1. The standard InChI is InChI=1S/C17H20ClNO/c1-13(2)20-17-9-8-15(12-16(17)18)19-11-10-14-6-4-3-5-7-14/h3-9,12-13,19H,10-11H2,1-2H3. The minimum atomic E-state index is 0.129. The Balaban J connectivity index is 1.89. The van der Waals surface area contributed by atoms with Gasteiger partial charge in [-0.1, -0.05) is 41.9 Å². The molecule has 0 aliphatic carbocycles. The van der Waals surface area contributed by atoms with E-state index in [4.69, 9.17) is 16.3 Å². The number of nitrogens with one attached hydrogen (secondary N) is 1. The summed E-state index contributed by atoms with van der Waals surface area (Å²) in [7, 11) is 0. The molecule has 0 atom stereocenters. The van der Waals surface area contributed by atoms with Gasteiger partial charge in [0.1, 0.15) is 5.75 Å². The van der Waals surface area contributed by atoms with Crippen LogP contribution in [0.2, 0.25) is 5.02 Å². The minimum Gasteiger partial charge on any atom is -0.489 e. The molecule has 106 valence electrons. The molecular weight excluding hydrogens is 270 g/mol. The Morgan fingerprint density at radius 2 is 1.85 bits per heavy atom. The van der Waals surface area contributed by atoms with Gasteiger partial charge in [0.05, 0.1) is 11.1 Å². The quantitative estimate of drug-likeness (QED) is 0.826. The van der Waals surface area contributed by atoms with Crippen LogP contribution in [0.3, 0.4) is 0 Å². The molecule has 2 nitrogen and oxygen atoms in total. The highest BCUT2D eigenvalue weighted by atomic mass is 35.5. The van der Waals surface area contributed by atoms with E-state index in [1.165, 1.54) is 5.56 Å². The second kappa shape index (κ2) is 7.20. The maximum absolute atomic E-state index is 6.20. The second-order valence-electron chi connectivity index (χ2n) is 4.97. The van der Waals surface area contributed by atoms with E-state index in [1.54, 1.807) is 0 Å². The molecule has 0 saturated carbocycles. The minimum absolute atomic E-state index is 0.129. The van der Waals surface area contributed by atoms with Gasteiger partial charge in [-0.25, -0.2) is 0 Å². The van der Waals surface area contributed by atoms with Crippen molar-refractivity contribution in [3.63, 3.8) is 0 Å². The van der Waals surface area contributed by atoms with Gasteiger partial charge in [-0.3, -0.25) is 0 Å². The fourth-order valence-corrected chi connectivity index (χ4v) is 2.18. The third kappa shape index (κ3) is 4.46. The Bertz CT molecular complexity index is 540. The third-order valence-electron chi connectivity index (χ3n) is 2.88. The zero-order chi connectivity index (χ0) is 14.4. The van der Waals surface area contributed by atoms with Crippen LogP contribution in [0.5, 0.6) is 5.75 Å². The molecule has 0 heterocycles. The zero-order valence-corrected chi connectivity index (χ0v) is 12.7. The van der Waals surface area contributed by atoms with E-state index in [9.17, 15) is 0 Å². The van der Waals surface area contributed by atoms with Gasteiger partial charge in [-0.2, -0.15) is 0 Å². The lowest BCUT2D eigenvalue weighted by molar-refractivity contribution is 0.242. The lowest BCUT2D eigenvalue weighted by Crippen LogP contribution is -2.07. The Morgan fingerprint density at radius 3 is 2.50 bits per heavy atom. The van der Waals surface area contributed by atoms with Gasteiger partial charge in [0.25, 0.3) is 0 Å². The predicted molar refractivity (Wildman–Crippen MR) is 85.9 cm³/mol. The highest BCUT2D eigenvalue weighted by molar-refractivity contribution is 6.32. The van der Waals surface area contributed by atoms with E-state index in [-0.39, 0.29) is 6.10 Å². The molecule has 2 aromatic carbocycles. The molecule has 2 rings (SSSR count). The second-order valence-corrected chi connectivity index (χ2v) is 5.38. The summed E-state index contributed by atoms with van der Waals surface area (Å²) in [5.41, 5.74) is 2.34. The van der Waals surface area contributed by atoms with Crippen molar-refractivity contribution in [3.8, 4) is 5.75 Å². The van der Waals surface area contributed by atoms with Crippen LogP contribution < -0.4 is 10.1 Å². The molecule has 1 N–H and O–H groups in total. The van der Waals surface area contributed by atoms with Gasteiger partial charge < -0.3 is 10.1 Å². The molecule has 0 unspecified atom stereocenters. The highest BCUT2D eigenvalue weighted by Crippen LogP contribution is 2.28. The highest BCUT2D eigenvalue weighted by Gasteiger charge is 2.04. The first kappa shape index (κ1) is 14.7. The summed E-state index contributed by atoms with van der Waals surface area (Å²) in [6.45, 7) is 4.86. The van der Waals surface area contributed by atoms with Gasteiger partial charge in [-0.15, -0.1) is 0 Å². The molecule has 20 heavy (non-hydrogen) atoms. The average Bonchev–Trinajstić information content (AvgIpc) is 2.43. The van der Waals surface area contributed by atoms with Crippen LogP contribution in [0.15, 0.2) is 48.5 Å². The van der Waals surface area contributed by atoms with E-state index in [2.05, 4.69) is 29.6 Å². The summed E-state index contributed by atoms with van der Waals surface area (Å²) >= 11 is 6.20. The van der Waals surface area contributed by atoms with E-state index < -0.39 is 0 Å². The molecule has 0 aromatic heterocycles. The van der Waals surface area contributed by atoms with Crippen LogP contribution in [-0.4, -0.2) is 12.6 Å². The molecule has 0 saturated heterocycles. The maximum Gasteiger partial charge on any atom is 0.138 e.